The number of hydrogen-bond donors (Lipinski definition) is 1. The lowest BCUT2D eigenvalue weighted by Crippen LogP contribution is -2.32. The Morgan fingerprint density at radius 1 is 1.15 bits per heavy atom. The zero-order valence-electron chi connectivity index (χ0n) is 19.2. The number of carbonyl (C=O) groups is 1. The summed E-state index contributed by atoms with van der Waals surface area (Å²) < 4.78 is 11.3. The van der Waals surface area contributed by atoms with Gasteiger partial charge in [-0.25, -0.2) is 4.98 Å². The molecule has 8 nitrogen and oxygen atoms in total. The Labute approximate surface area is 194 Å². The number of nitrogens with one attached hydrogen (secondary N) is 1. The van der Waals surface area contributed by atoms with E-state index in [4.69, 9.17) is 9.47 Å². The van der Waals surface area contributed by atoms with Crippen LogP contribution in [0.2, 0.25) is 0 Å². The summed E-state index contributed by atoms with van der Waals surface area (Å²) >= 11 is 0. The summed E-state index contributed by atoms with van der Waals surface area (Å²) in [5, 5.41) is 2.92. The maximum absolute atomic E-state index is 12.9. The summed E-state index contributed by atoms with van der Waals surface area (Å²) in [6, 6.07) is 15.8. The molecule has 0 saturated heterocycles. The number of fused-ring (bicyclic) bond motifs is 1. The van der Waals surface area contributed by atoms with Gasteiger partial charge >= 0.3 is 0 Å². The quantitative estimate of drug-likeness (QED) is 0.540. The number of benzene rings is 2. The van der Waals surface area contributed by atoms with Crippen molar-refractivity contribution in [1.29, 1.82) is 0 Å². The third kappa shape index (κ3) is 5.40. The molecular weight excluding hydrogens is 418 g/mol. The predicted molar refractivity (Wildman–Crippen MR) is 127 cm³/mol. The molecule has 0 spiro atoms. The van der Waals surface area contributed by atoms with Crippen molar-refractivity contribution in [3.05, 3.63) is 71.4 Å². The standard InChI is InChI=1S/C25H29N5O3/c1-29(2)15-13-26-23(31)21-16-27-25(30-14-12-19-6-4-5-7-22(19)30)28-24(21)33-17-18-8-10-20(32-3)11-9-18/h4-11,16H,12-15,17H2,1-3H3,(H,26,31). The van der Waals surface area contributed by atoms with Crippen LogP contribution >= 0.6 is 0 Å². The molecule has 0 saturated carbocycles. The van der Waals surface area contributed by atoms with Gasteiger partial charge < -0.3 is 24.6 Å². The number of hydrogen-bond acceptors (Lipinski definition) is 7. The van der Waals surface area contributed by atoms with Crippen LogP contribution in [0.5, 0.6) is 11.6 Å². The summed E-state index contributed by atoms with van der Waals surface area (Å²) in [4.78, 5) is 26.1. The number of nitrogens with zero attached hydrogens (tertiary/aromatic N) is 4. The predicted octanol–water partition coefficient (Wildman–Crippen LogP) is 3.05. The number of anilines is 2. The van der Waals surface area contributed by atoms with Crippen molar-refractivity contribution in [3.8, 4) is 11.6 Å². The van der Waals surface area contributed by atoms with E-state index >= 15 is 0 Å². The molecule has 172 valence electrons. The highest BCUT2D eigenvalue weighted by molar-refractivity contribution is 5.96. The third-order valence-electron chi connectivity index (χ3n) is 5.49. The Bertz CT molecular complexity index is 1100. The zero-order valence-corrected chi connectivity index (χ0v) is 19.2. The van der Waals surface area contributed by atoms with Gasteiger partial charge in [-0.05, 0) is 49.8 Å². The third-order valence-corrected chi connectivity index (χ3v) is 5.49. The molecule has 0 bridgehead atoms. The fourth-order valence-electron chi connectivity index (χ4n) is 3.66. The van der Waals surface area contributed by atoms with Crippen molar-refractivity contribution in [2.45, 2.75) is 13.0 Å². The van der Waals surface area contributed by atoms with Crippen molar-refractivity contribution in [2.75, 3.05) is 45.7 Å². The Morgan fingerprint density at radius 2 is 1.94 bits per heavy atom. The van der Waals surface area contributed by atoms with E-state index in [1.807, 2.05) is 55.4 Å². The monoisotopic (exact) mass is 447 g/mol. The van der Waals surface area contributed by atoms with Gasteiger partial charge in [0.15, 0.2) is 0 Å². The summed E-state index contributed by atoms with van der Waals surface area (Å²) in [6.45, 7) is 2.31. The summed E-state index contributed by atoms with van der Waals surface area (Å²) in [6.07, 6.45) is 2.48. The van der Waals surface area contributed by atoms with Gasteiger partial charge in [-0.15, -0.1) is 0 Å². The van der Waals surface area contributed by atoms with Crippen LogP contribution in [0.15, 0.2) is 54.7 Å². The first-order valence-corrected chi connectivity index (χ1v) is 11.0. The Hall–Kier alpha value is -3.65. The van der Waals surface area contributed by atoms with E-state index in [1.54, 1.807) is 13.3 Å². The number of para-hydroxylation sites is 1. The molecule has 1 N–H and O–H groups in total. The normalized spacial score (nSPS) is 12.5. The number of carbonyl (C=O) groups excluding carboxylic acids is 1. The minimum absolute atomic E-state index is 0.255. The summed E-state index contributed by atoms with van der Waals surface area (Å²) in [7, 11) is 5.55. The topological polar surface area (TPSA) is 79.8 Å². The van der Waals surface area contributed by atoms with Crippen LogP contribution in [0.4, 0.5) is 11.6 Å². The van der Waals surface area contributed by atoms with Crippen LogP contribution in [0.25, 0.3) is 0 Å². The molecule has 1 aliphatic rings. The molecule has 1 aromatic heterocycles. The maximum Gasteiger partial charge on any atom is 0.258 e. The second kappa shape index (κ2) is 10.3. The van der Waals surface area contributed by atoms with Crippen LogP contribution < -0.4 is 19.7 Å². The SMILES string of the molecule is COc1ccc(COc2nc(N3CCc4ccccc43)ncc2C(=O)NCCN(C)C)cc1. The summed E-state index contributed by atoms with van der Waals surface area (Å²) in [5.41, 5.74) is 3.61. The average Bonchev–Trinajstić information content (AvgIpc) is 3.27. The van der Waals surface area contributed by atoms with E-state index in [-0.39, 0.29) is 18.4 Å². The fourth-order valence-corrected chi connectivity index (χ4v) is 3.66. The van der Waals surface area contributed by atoms with Gasteiger partial charge in [0.25, 0.3) is 5.91 Å². The summed E-state index contributed by atoms with van der Waals surface area (Å²) in [5.74, 6) is 1.31. The van der Waals surface area contributed by atoms with Crippen molar-refractivity contribution >= 4 is 17.5 Å². The molecule has 0 aliphatic carbocycles. The first kappa shape index (κ1) is 22.5. The van der Waals surface area contributed by atoms with E-state index in [2.05, 4.69) is 32.3 Å². The molecule has 1 amide bonds. The zero-order chi connectivity index (χ0) is 23.2. The smallest absolute Gasteiger partial charge is 0.258 e. The van der Waals surface area contributed by atoms with Crippen LogP contribution in [0.3, 0.4) is 0 Å². The number of ether oxygens (including phenoxy) is 2. The number of rotatable bonds is 9. The van der Waals surface area contributed by atoms with Gasteiger partial charge in [-0.1, -0.05) is 30.3 Å². The molecule has 3 aromatic rings. The van der Waals surface area contributed by atoms with Crippen LogP contribution in [0, 0.1) is 0 Å². The van der Waals surface area contributed by atoms with E-state index in [0.717, 1.165) is 36.5 Å². The van der Waals surface area contributed by atoms with Crippen molar-refractivity contribution in [3.63, 3.8) is 0 Å². The number of likely N-dealkylation sites (N-methyl/N-ethyl adjacent to an activating group) is 1. The fraction of sp³-hybridized carbons (Fsp3) is 0.320. The molecule has 0 radical (unpaired) electrons. The molecule has 0 atom stereocenters. The lowest BCUT2D eigenvalue weighted by molar-refractivity contribution is 0.0945. The van der Waals surface area contributed by atoms with E-state index < -0.39 is 0 Å². The lowest BCUT2D eigenvalue weighted by Gasteiger charge is -2.19. The van der Waals surface area contributed by atoms with E-state index in [9.17, 15) is 4.79 Å². The van der Waals surface area contributed by atoms with Gasteiger partial charge in [0.05, 0.1) is 7.11 Å². The van der Waals surface area contributed by atoms with Crippen LogP contribution in [0.1, 0.15) is 21.5 Å². The number of amides is 1. The maximum atomic E-state index is 12.9. The van der Waals surface area contributed by atoms with Gasteiger partial charge in [0, 0.05) is 31.5 Å². The van der Waals surface area contributed by atoms with Crippen molar-refractivity contribution in [1.82, 2.24) is 20.2 Å². The first-order valence-electron chi connectivity index (χ1n) is 11.0. The highest BCUT2D eigenvalue weighted by Gasteiger charge is 2.24. The molecule has 2 heterocycles. The Kier molecular flexibility index (Phi) is 7.04. The Morgan fingerprint density at radius 3 is 2.70 bits per heavy atom. The second-order valence-corrected chi connectivity index (χ2v) is 8.12. The number of methoxy groups -OCH3 is 1. The van der Waals surface area contributed by atoms with Crippen molar-refractivity contribution in [2.24, 2.45) is 0 Å². The molecule has 1 aliphatic heterocycles. The van der Waals surface area contributed by atoms with Gasteiger partial charge in [-0.2, -0.15) is 4.98 Å². The molecule has 4 rings (SSSR count). The van der Waals surface area contributed by atoms with Crippen LogP contribution in [-0.4, -0.2) is 61.6 Å². The minimum atomic E-state index is -0.255. The van der Waals surface area contributed by atoms with E-state index in [1.165, 1.54) is 5.56 Å². The van der Waals surface area contributed by atoms with E-state index in [0.29, 0.717) is 18.1 Å². The highest BCUT2D eigenvalue weighted by Crippen LogP contribution is 2.33. The second-order valence-electron chi connectivity index (χ2n) is 8.12. The molecule has 2 aromatic carbocycles. The van der Waals surface area contributed by atoms with Gasteiger partial charge in [0.1, 0.15) is 17.9 Å². The highest BCUT2D eigenvalue weighted by atomic mass is 16.5. The molecule has 0 unspecified atom stereocenters. The largest absolute Gasteiger partial charge is 0.497 e. The first-order chi connectivity index (χ1) is 16.0. The van der Waals surface area contributed by atoms with Gasteiger partial charge in [-0.3, -0.25) is 4.79 Å². The average molecular weight is 448 g/mol. The molecular formula is C25H29N5O3. The lowest BCUT2D eigenvalue weighted by atomic mass is 10.2. The van der Waals surface area contributed by atoms with Crippen LogP contribution in [-0.2, 0) is 13.0 Å². The molecule has 8 heteroatoms. The molecule has 0 fully saturated rings. The van der Waals surface area contributed by atoms with Crippen molar-refractivity contribution < 1.29 is 14.3 Å². The molecule has 33 heavy (non-hydrogen) atoms. The Balaban J connectivity index is 1.58. The number of aromatic nitrogens is 2. The minimum Gasteiger partial charge on any atom is -0.497 e. The van der Waals surface area contributed by atoms with Gasteiger partial charge in [0.2, 0.25) is 11.8 Å².